The van der Waals surface area contributed by atoms with Gasteiger partial charge in [0.1, 0.15) is 0 Å². The van der Waals surface area contributed by atoms with E-state index in [1.165, 1.54) is 4.35 Å². The number of hydrogen-bond acceptors (Lipinski definition) is 3. The molecule has 0 radical (unpaired) electrons. The van der Waals surface area contributed by atoms with Crippen molar-refractivity contribution in [3.05, 3.63) is 24.3 Å². The van der Waals surface area contributed by atoms with Crippen LogP contribution in [0, 0.1) is 0 Å². The number of rotatable bonds is 3. The first kappa shape index (κ1) is 12.1. The summed E-state index contributed by atoms with van der Waals surface area (Å²) in [5, 5.41) is 3.13. The fourth-order valence-corrected chi connectivity index (χ4v) is 4.95. The van der Waals surface area contributed by atoms with Crippen molar-refractivity contribution in [2.45, 2.75) is 0 Å². The van der Waals surface area contributed by atoms with Gasteiger partial charge in [-0.05, 0) is 0 Å². The predicted molar refractivity (Wildman–Crippen MR) is 70.3 cm³/mol. The van der Waals surface area contributed by atoms with E-state index in [0.717, 1.165) is 18.8 Å². The minimum atomic E-state index is -1.19. The first-order valence-corrected chi connectivity index (χ1v) is 8.96. The molecule has 2 rings (SSSR count). The van der Waals surface area contributed by atoms with Crippen LogP contribution in [0.5, 0.6) is 0 Å². The van der Waals surface area contributed by atoms with Gasteiger partial charge in [0.25, 0.3) is 0 Å². The van der Waals surface area contributed by atoms with Crippen LogP contribution in [0.1, 0.15) is 0 Å². The van der Waals surface area contributed by atoms with Gasteiger partial charge in [-0.25, -0.2) is 0 Å². The number of nitrogens with one attached hydrogen (secondary N) is 3. The van der Waals surface area contributed by atoms with Gasteiger partial charge in [0, 0.05) is 0 Å². The van der Waals surface area contributed by atoms with Gasteiger partial charge in [0.2, 0.25) is 0 Å². The molecule has 0 saturated carbocycles. The van der Waals surface area contributed by atoms with E-state index in [0.29, 0.717) is 5.33 Å². The number of halogens is 1. The van der Waals surface area contributed by atoms with Crippen LogP contribution in [0.4, 0.5) is 5.69 Å². The van der Waals surface area contributed by atoms with Crippen LogP contribution >= 0.6 is 15.9 Å². The van der Waals surface area contributed by atoms with E-state index < -0.39 is 15.1 Å². The summed E-state index contributed by atoms with van der Waals surface area (Å²) in [6.07, 6.45) is 0. The normalized spacial score (nSPS) is 16.3. The molecule has 0 aliphatic carbocycles. The number of carbonyl (C=O) groups excluding carboxylic acids is 1. The summed E-state index contributed by atoms with van der Waals surface area (Å²) in [6, 6.07) is 8.06. The monoisotopic (exact) mass is 345 g/mol. The summed E-state index contributed by atoms with van der Waals surface area (Å²) < 4.78 is 8.30. The molecular formula is C10H13AsBrN3O. The second-order valence-corrected chi connectivity index (χ2v) is 7.76. The van der Waals surface area contributed by atoms with Crippen LogP contribution in [0.25, 0.3) is 0 Å². The summed E-state index contributed by atoms with van der Waals surface area (Å²) in [5.74, 6) is -0.0253. The van der Waals surface area contributed by atoms with Gasteiger partial charge in [-0.3, -0.25) is 0 Å². The average molecular weight is 346 g/mol. The molecule has 16 heavy (non-hydrogen) atoms. The number of hydrogen-bond donors (Lipinski definition) is 3. The molecule has 0 aromatic heterocycles. The van der Waals surface area contributed by atoms with Crippen LogP contribution in [0.15, 0.2) is 24.3 Å². The Balaban J connectivity index is 2.01. The van der Waals surface area contributed by atoms with Crippen molar-refractivity contribution in [3.8, 4) is 0 Å². The maximum absolute atomic E-state index is 11.1. The van der Waals surface area contributed by atoms with Crippen molar-refractivity contribution in [3.63, 3.8) is 0 Å². The Morgan fingerprint density at radius 1 is 1.31 bits per heavy atom. The van der Waals surface area contributed by atoms with Crippen molar-refractivity contribution < 1.29 is 4.79 Å². The molecule has 1 fully saturated rings. The van der Waals surface area contributed by atoms with Gasteiger partial charge in [0.15, 0.2) is 0 Å². The van der Waals surface area contributed by atoms with E-state index in [-0.39, 0.29) is 5.91 Å². The standard InChI is InChI=1S/C10H13AsBrN3O/c12-7-10(16)15-9-3-1-8(2-4-9)11-13-5-6-14-11/h1-4,13-14H,5-7H2,(H,15,16). The molecule has 0 atom stereocenters. The van der Waals surface area contributed by atoms with E-state index in [1.54, 1.807) is 0 Å². The van der Waals surface area contributed by atoms with Crippen molar-refractivity contribution in [1.29, 1.82) is 0 Å². The molecule has 1 saturated heterocycles. The molecule has 0 spiro atoms. The number of anilines is 1. The van der Waals surface area contributed by atoms with Crippen LogP contribution in [0.3, 0.4) is 0 Å². The van der Waals surface area contributed by atoms with Gasteiger partial charge in [-0.2, -0.15) is 0 Å². The van der Waals surface area contributed by atoms with Crippen LogP contribution in [-0.4, -0.2) is 39.4 Å². The van der Waals surface area contributed by atoms with Crippen molar-refractivity contribution in [2.75, 3.05) is 23.7 Å². The molecule has 86 valence electrons. The molecule has 4 nitrogen and oxygen atoms in total. The molecule has 3 N–H and O–H groups in total. The second-order valence-electron chi connectivity index (χ2n) is 3.38. The summed E-state index contributed by atoms with van der Waals surface area (Å²) in [5.41, 5.74) is 0.849. The first-order valence-electron chi connectivity index (χ1n) is 5.02. The molecule has 1 aliphatic heterocycles. The zero-order valence-electron chi connectivity index (χ0n) is 8.66. The Hall–Kier alpha value is -0.352. The fourth-order valence-electron chi connectivity index (χ4n) is 1.46. The Kier molecular flexibility index (Phi) is 4.41. The van der Waals surface area contributed by atoms with Gasteiger partial charge in [-0.15, -0.1) is 0 Å². The second kappa shape index (κ2) is 5.82. The maximum atomic E-state index is 11.1. The molecule has 6 heteroatoms. The summed E-state index contributed by atoms with van der Waals surface area (Å²) in [7, 11) is 0. The van der Waals surface area contributed by atoms with E-state index in [4.69, 9.17) is 0 Å². The summed E-state index contributed by atoms with van der Waals surface area (Å²) >= 11 is 1.92. The van der Waals surface area contributed by atoms with Crippen LogP contribution < -0.4 is 18.1 Å². The SMILES string of the molecule is O=C(CBr)Nc1ccc([As]2NCCN2)cc1. The van der Waals surface area contributed by atoms with Crippen LogP contribution in [-0.2, 0) is 4.79 Å². The molecule has 0 bridgehead atoms. The van der Waals surface area contributed by atoms with Crippen molar-refractivity contribution in [2.24, 2.45) is 0 Å². The molecule has 1 aliphatic rings. The third kappa shape index (κ3) is 3.07. The van der Waals surface area contributed by atoms with E-state index in [1.807, 2.05) is 12.1 Å². The first-order chi connectivity index (χ1) is 7.79. The molecule has 1 aromatic carbocycles. The average Bonchev–Trinajstić information content (AvgIpc) is 2.83. The number of alkyl halides is 1. The predicted octanol–water partition coefficient (Wildman–Crippen LogP) is -0.0920. The van der Waals surface area contributed by atoms with Gasteiger partial charge in [0.05, 0.1) is 0 Å². The number of benzene rings is 1. The Bertz CT molecular complexity index is 365. The fraction of sp³-hybridized carbons (Fsp3) is 0.300. The third-order valence-electron chi connectivity index (χ3n) is 2.20. The Labute approximate surface area is 108 Å². The Morgan fingerprint density at radius 3 is 2.50 bits per heavy atom. The molecule has 1 aromatic rings. The van der Waals surface area contributed by atoms with Gasteiger partial charge >= 0.3 is 108 Å². The molecule has 0 unspecified atom stereocenters. The number of carbonyl (C=O) groups is 1. The third-order valence-corrected chi connectivity index (χ3v) is 6.68. The van der Waals surface area contributed by atoms with E-state index >= 15 is 0 Å². The van der Waals surface area contributed by atoms with E-state index in [9.17, 15) is 4.79 Å². The summed E-state index contributed by atoms with van der Waals surface area (Å²) in [6.45, 7) is 2.12. The zero-order valence-corrected chi connectivity index (χ0v) is 12.1. The van der Waals surface area contributed by atoms with E-state index in [2.05, 4.69) is 41.8 Å². The molecule has 1 amide bonds. The minimum absolute atomic E-state index is 0.0253. The molecule has 1 heterocycles. The number of amides is 1. The molecular weight excluding hydrogens is 333 g/mol. The Morgan fingerprint density at radius 2 is 1.94 bits per heavy atom. The zero-order chi connectivity index (χ0) is 11.4. The van der Waals surface area contributed by atoms with Crippen LogP contribution in [0.2, 0.25) is 0 Å². The van der Waals surface area contributed by atoms with Gasteiger partial charge < -0.3 is 0 Å². The van der Waals surface area contributed by atoms with Gasteiger partial charge in [-0.1, -0.05) is 0 Å². The summed E-state index contributed by atoms with van der Waals surface area (Å²) in [4.78, 5) is 11.1. The topological polar surface area (TPSA) is 53.2 Å². The van der Waals surface area contributed by atoms with Crippen molar-refractivity contribution >= 4 is 47.0 Å². The quantitative estimate of drug-likeness (QED) is 0.530. The van der Waals surface area contributed by atoms with Crippen molar-refractivity contribution in [1.82, 2.24) is 8.47 Å².